The van der Waals surface area contributed by atoms with Crippen LogP contribution in [0, 0.1) is 27.7 Å². The molecule has 3 rings (SSSR count). The van der Waals surface area contributed by atoms with Crippen molar-refractivity contribution in [2.24, 2.45) is 0 Å². The number of aromatic nitrogens is 1. The van der Waals surface area contributed by atoms with Crippen molar-refractivity contribution in [2.75, 3.05) is 6.61 Å². The summed E-state index contributed by atoms with van der Waals surface area (Å²) in [6.07, 6.45) is 4.24. The molecule has 0 spiro atoms. The van der Waals surface area contributed by atoms with Gasteiger partial charge in [-0.15, -0.1) is 11.3 Å². The van der Waals surface area contributed by atoms with Gasteiger partial charge in [-0.05, 0) is 87.9 Å². The molecule has 0 saturated heterocycles. The fourth-order valence-electron chi connectivity index (χ4n) is 3.20. The smallest absolute Gasteiger partial charge is 0.136 e. The van der Waals surface area contributed by atoms with E-state index in [0.717, 1.165) is 49.5 Å². The minimum Gasteiger partial charge on any atom is -0.493 e. The molecule has 3 aromatic rings. The lowest BCUT2D eigenvalue weighted by Gasteiger charge is -2.14. The number of rotatable bonds is 8. The maximum Gasteiger partial charge on any atom is 0.136 e. The Morgan fingerprint density at radius 3 is 2.35 bits per heavy atom. The molecule has 138 valence electrons. The lowest BCUT2D eigenvalue weighted by Crippen LogP contribution is -2.01. The van der Waals surface area contributed by atoms with E-state index in [1.54, 1.807) is 0 Å². The van der Waals surface area contributed by atoms with Crippen LogP contribution in [0.3, 0.4) is 0 Å². The van der Waals surface area contributed by atoms with E-state index < -0.39 is 0 Å². The largest absolute Gasteiger partial charge is 0.493 e. The normalized spacial score (nSPS) is 11.1. The standard InChI is InChI=1S/C22H27NO2S/c1-15-12-19(21-10-9-18(4)26-21)13-16(2)22(15)24-11-7-5-6-8-20-14-17(3)23-25-20/h9-10,12-14H,5-8,11H2,1-4H3. The van der Waals surface area contributed by atoms with Gasteiger partial charge in [0.05, 0.1) is 12.3 Å². The molecule has 0 aliphatic carbocycles. The van der Waals surface area contributed by atoms with Crippen LogP contribution in [0.1, 0.15) is 46.7 Å². The summed E-state index contributed by atoms with van der Waals surface area (Å²) in [5, 5.41) is 3.92. The molecule has 0 N–H and O–H groups in total. The third kappa shape index (κ3) is 4.76. The van der Waals surface area contributed by atoms with Gasteiger partial charge >= 0.3 is 0 Å². The summed E-state index contributed by atoms with van der Waals surface area (Å²) in [6.45, 7) is 9.14. The quantitative estimate of drug-likeness (QED) is 0.429. The first-order valence-corrected chi connectivity index (χ1v) is 10.1. The minimum atomic E-state index is 0.759. The van der Waals surface area contributed by atoms with Crippen LogP contribution < -0.4 is 4.74 Å². The molecular formula is C22H27NO2S. The van der Waals surface area contributed by atoms with Gasteiger partial charge in [-0.25, -0.2) is 0 Å². The molecule has 2 heterocycles. The first-order chi connectivity index (χ1) is 12.5. The van der Waals surface area contributed by atoms with Crippen molar-refractivity contribution >= 4 is 11.3 Å². The van der Waals surface area contributed by atoms with Crippen molar-refractivity contribution in [3.63, 3.8) is 0 Å². The highest BCUT2D eigenvalue weighted by Crippen LogP contribution is 2.33. The molecule has 0 fully saturated rings. The number of hydrogen-bond acceptors (Lipinski definition) is 4. The van der Waals surface area contributed by atoms with E-state index in [4.69, 9.17) is 9.26 Å². The zero-order valence-electron chi connectivity index (χ0n) is 16.1. The summed E-state index contributed by atoms with van der Waals surface area (Å²) in [4.78, 5) is 2.67. The molecule has 0 unspecified atom stereocenters. The highest BCUT2D eigenvalue weighted by atomic mass is 32.1. The van der Waals surface area contributed by atoms with Crippen LogP contribution in [0.2, 0.25) is 0 Å². The third-order valence-electron chi connectivity index (χ3n) is 4.48. The first kappa shape index (κ1) is 18.7. The average molecular weight is 370 g/mol. The van der Waals surface area contributed by atoms with Gasteiger partial charge < -0.3 is 9.26 Å². The molecule has 0 amide bonds. The Morgan fingerprint density at radius 2 is 1.73 bits per heavy atom. The highest BCUT2D eigenvalue weighted by molar-refractivity contribution is 7.15. The predicted molar refractivity (Wildman–Crippen MR) is 108 cm³/mol. The van der Waals surface area contributed by atoms with Crippen molar-refractivity contribution < 1.29 is 9.26 Å². The van der Waals surface area contributed by atoms with Gasteiger partial charge in [-0.3, -0.25) is 0 Å². The molecular weight excluding hydrogens is 342 g/mol. The maximum absolute atomic E-state index is 6.09. The lowest BCUT2D eigenvalue weighted by molar-refractivity contribution is 0.299. The Balaban J connectivity index is 1.48. The summed E-state index contributed by atoms with van der Waals surface area (Å²) in [6, 6.07) is 10.9. The zero-order valence-corrected chi connectivity index (χ0v) is 16.9. The van der Waals surface area contributed by atoms with Crippen LogP contribution in [-0.2, 0) is 6.42 Å². The van der Waals surface area contributed by atoms with Gasteiger partial charge in [0.2, 0.25) is 0 Å². The summed E-state index contributed by atoms with van der Waals surface area (Å²) in [5.41, 5.74) is 4.66. The average Bonchev–Trinajstić information content (AvgIpc) is 3.21. The summed E-state index contributed by atoms with van der Waals surface area (Å²) < 4.78 is 11.3. The second kappa shape index (κ2) is 8.54. The molecule has 1 aromatic carbocycles. The topological polar surface area (TPSA) is 35.3 Å². The van der Waals surface area contributed by atoms with Crippen LogP contribution in [0.25, 0.3) is 10.4 Å². The van der Waals surface area contributed by atoms with Crippen molar-refractivity contribution in [1.29, 1.82) is 0 Å². The second-order valence-corrected chi connectivity index (χ2v) is 8.23. The van der Waals surface area contributed by atoms with Crippen LogP contribution in [0.4, 0.5) is 0 Å². The fraction of sp³-hybridized carbons (Fsp3) is 0.409. The Morgan fingerprint density at radius 1 is 0.962 bits per heavy atom. The molecule has 4 heteroatoms. The zero-order chi connectivity index (χ0) is 18.5. The van der Waals surface area contributed by atoms with Gasteiger partial charge in [-0.2, -0.15) is 0 Å². The van der Waals surface area contributed by atoms with E-state index in [9.17, 15) is 0 Å². The molecule has 0 aliphatic heterocycles. The Bertz CT molecular complexity index is 840. The summed E-state index contributed by atoms with van der Waals surface area (Å²) >= 11 is 1.84. The monoisotopic (exact) mass is 369 g/mol. The Labute approximate surface area is 160 Å². The molecule has 0 bridgehead atoms. The Hall–Kier alpha value is -2.07. The van der Waals surface area contributed by atoms with Gasteiger partial charge in [0, 0.05) is 22.2 Å². The van der Waals surface area contributed by atoms with Gasteiger partial charge in [-0.1, -0.05) is 5.16 Å². The third-order valence-corrected chi connectivity index (χ3v) is 5.53. The lowest BCUT2D eigenvalue weighted by atomic mass is 10.0. The van der Waals surface area contributed by atoms with Crippen LogP contribution in [0.15, 0.2) is 34.9 Å². The maximum atomic E-state index is 6.09. The fourth-order valence-corrected chi connectivity index (χ4v) is 4.05. The van der Waals surface area contributed by atoms with Crippen LogP contribution >= 0.6 is 11.3 Å². The molecule has 0 radical (unpaired) electrons. The molecule has 0 saturated carbocycles. The minimum absolute atomic E-state index is 0.759. The number of unbranched alkanes of at least 4 members (excludes halogenated alkanes) is 2. The van der Waals surface area contributed by atoms with Crippen molar-refractivity contribution in [3.05, 3.63) is 57.8 Å². The molecule has 0 aliphatic rings. The van der Waals surface area contributed by atoms with Gasteiger partial charge in [0.15, 0.2) is 0 Å². The molecule has 26 heavy (non-hydrogen) atoms. The second-order valence-electron chi connectivity index (χ2n) is 6.94. The van der Waals surface area contributed by atoms with Crippen LogP contribution in [-0.4, -0.2) is 11.8 Å². The van der Waals surface area contributed by atoms with E-state index in [1.807, 2.05) is 24.3 Å². The van der Waals surface area contributed by atoms with Crippen molar-refractivity contribution in [3.8, 4) is 16.2 Å². The SMILES string of the molecule is Cc1cc(CCCCCOc2c(C)cc(-c3ccc(C)s3)cc2C)on1. The highest BCUT2D eigenvalue weighted by Gasteiger charge is 2.09. The first-order valence-electron chi connectivity index (χ1n) is 9.26. The predicted octanol–water partition coefficient (Wildman–Crippen LogP) is 6.43. The number of nitrogens with zero attached hydrogens (tertiary/aromatic N) is 1. The number of hydrogen-bond donors (Lipinski definition) is 0. The number of aryl methyl sites for hydroxylation is 5. The van der Waals surface area contributed by atoms with Crippen molar-refractivity contribution in [2.45, 2.75) is 53.4 Å². The number of benzene rings is 1. The number of thiophene rings is 1. The van der Waals surface area contributed by atoms with E-state index >= 15 is 0 Å². The summed E-state index contributed by atoms with van der Waals surface area (Å²) in [5.74, 6) is 2.02. The number of ether oxygens (including phenoxy) is 1. The summed E-state index contributed by atoms with van der Waals surface area (Å²) in [7, 11) is 0. The molecule has 2 aromatic heterocycles. The van der Waals surface area contributed by atoms with E-state index in [-0.39, 0.29) is 0 Å². The van der Waals surface area contributed by atoms with E-state index in [1.165, 1.54) is 26.4 Å². The van der Waals surface area contributed by atoms with Crippen LogP contribution in [0.5, 0.6) is 5.75 Å². The van der Waals surface area contributed by atoms with Gasteiger partial charge in [0.25, 0.3) is 0 Å². The van der Waals surface area contributed by atoms with E-state index in [2.05, 4.69) is 50.2 Å². The Kier molecular flexibility index (Phi) is 6.15. The van der Waals surface area contributed by atoms with Gasteiger partial charge in [0.1, 0.15) is 11.5 Å². The van der Waals surface area contributed by atoms with Crippen molar-refractivity contribution in [1.82, 2.24) is 5.16 Å². The molecule has 3 nitrogen and oxygen atoms in total. The molecule has 0 atom stereocenters. The van der Waals surface area contributed by atoms with E-state index in [0.29, 0.717) is 0 Å².